The molecular formula is C22H29N3O2. The summed E-state index contributed by atoms with van der Waals surface area (Å²) >= 11 is 0. The van der Waals surface area contributed by atoms with E-state index in [4.69, 9.17) is 0 Å². The number of carbonyl (C=O) groups excluding carboxylic acids is 2. The highest BCUT2D eigenvalue weighted by molar-refractivity contribution is 5.80. The molecule has 5 heteroatoms. The van der Waals surface area contributed by atoms with Crippen LogP contribution in [0.5, 0.6) is 0 Å². The number of aromatic nitrogens is 1. The highest BCUT2D eigenvalue weighted by Crippen LogP contribution is 2.14. The molecule has 0 bridgehead atoms. The molecule has 0 unspecified atom stereocenters. The zero-order chi connectivity index (χ0) is 19.4. The molecule has 0 spiro atoms. The van der Waals surface area contributed by atoms with Crippen molar-refractivity contribution < 1.29 is 9.59 Å². The van der Waals surface area contributed by atoms with Crippen LogP contribution in [0.4, 0.5) is 0 Å². The van der Waals surface area contributed by atoms with Gasteiger partial charge < -0.3 is 14.4 Å². The van der Waals surface area contributed by atoms with E-state index in [0.717, 1.165) is 36.2 Å². The van der Waals surface area contributed by atoms with E-state index in [9.17, 15) is 9.59 Å². The van der Waals surface area contributed by atoms with Gasteiger partial charge in [0.2, 0.25) is 11.8 Å². The molecule has 0 saturated carbocycles. The maximum absolute atomic E-state index is 12.8. The second-order valence-electron chi connectivity index (χ2n) is 7.58. The van der Waals surface area contributed by atoms with Crippen LogP contribution < -0.4 is 0 Å². The third-order valence-electron chi connectivity index (χ3n) is 5.30. The van der Waals surface area contributed by atoms with Crippen molar-refractivity contribution in [3.8, 4) is 0 Å². The average molecular weight is 367 g/mol. The van der Waals surface area contributed by atoms with E-state index >= 15 is 0 Å². The van der Waals surface area contributed by atoms with E-state index in [-0.39, 0.29) is 11.8 Å². The number of amides is 2. The second-order valence-corrected chi connectivity index (χ2v) is 7.58. The Morgan fingerprint density at radius 3 is 2.22 bits per heavy atom. The lowest BCUT2D eigenvalue weighted by molar-refractivity contribution is -0.132. The predicted molar refractivity (Wildman–Crippen MR) is 107 cm³/mol. The van der Waals surface area contributed by atoms with Gasteiger partial charge in [-0.1, -0.05) is 23.8 Å². The Bertz CT molecular complexity index is 825. The minimum absolute atomic E-state index is 0.144. The fraction of sp³-hybridized carbons (Fsp3) is 0.455. The van der Waals surface area contributed by atoms with E-state index in [2.05, 4.69) is 32.0 Å². The van der Waals surface area contributed by atoms with Crippen molar-refractivity contribution in [1.29, 1.82) is 0 Å². The summed E-state index contributed by atoms with van der Waals surface area (Å²) in [7, 11) is 1.96. The lowest BCUT2D eigenvalue weighted by Gasteiger charge is -2.22. The van der Waals surface area contributed by atoms with Gasteiger partial charge in [0.15, 0.2) is 0 Å². The summed E-state index contributed by atoms with van der Waals surface area (Å²) in [6, 6.07) is 8.23. The monoisotopic (exact) mass is 367 g/mol. The third kappa shape index (κ3) is 5.00. The first-order valence-electron chi connectivity index (χ1n) is 9.65. The van der Waals surface area contributed by atoms with Gasteiger partial charge in [0, 0.05) is 45.6 Å². The van der Waals surface area contributed by atoms with Crippen molar-refractivity contribution in [2.75, 3.05) is 26.2 Å². The number of nitrogens with zero attached hydrogens (tertiary/aromatic N) is 3. The fourth-order valence-corrected chi connectivity index (χ4v) is 3.63. The number of rotatable bonds is 4. The van der Waals surface area contributed by atoms with Crippen LogP contribution in [0.2, 0.25) is 0 Å². The maximum atomic E-state index is 12.8. The van der Waals surface area contributed by atoms with Crippen molar-refractivity contribution in [3.05, 3.63) is 58.9 Å². The second kappa shape index (κ2) is 8.42. The molecular weight excluding hydrogens is 338 g/mol. The van der Waals surface area contributed by atoms with Gasteiger partial charge in [0.05, 0.1) is 12.8 Å². The van der Waals surface area contributed by atoms with E-state index in [0.29, 0.717) is 25.9 Å². The van der Waals surface area contributed by atoms with Gasteiger partial charge in [0.25, 0.3) is 0 Å². The van der Waals surface area contributed by atoms with Gasteiger partial charge in [-0.05, 0) is 43.0 Å². The molecule has 0 radical (unpaired) electrons. The van der Waals surface area contributed by atoms with Crippen molar-refractivity contribution in [3.63, 3.8) is 0 Å². The molecule has 27 heavy (non-hydrogen) atoms. The van der Waals surface area contributed by atoms with Crippen LogP contribution in [0, 0.1) is 13.8 Å². The van der Waals surface area contributed by atoms with Gasteiger partial charge in [-0.15, -0.1) is 0 Å². The van der Waals surface area contributed by atoms with Gasteiger partial charge >= 0.3 is 0 Å². The zero-order valence-corrected chi connectivity index (χ0v) is 16.6. The average Bonchev–Trinajstić information content (AvgIpc) is 2.89. The van der Waals surface area contributed by atoms with Gasteiger partial charge in [-0.25, -0.2) is 0 Å². The Hall–Kier alpha value is -2.56. The molecule has 1 aliphatic heterocycles. The first-order valence-corrected chi connectivity index (χ1v) is 9.65. The lowest BCUT2D eigenvalue weighted by Crippen LogP contribution is -2.38. The van der Waals surface area contributed by atoms with Gasteiger partial charge in [-0.2, -0.15) is 0 Å². The largest absolute Gasteiger partial charge is 0.357 e. The van der Waals surface area contributed by atoms with Crippen LogP contribution in [-0.4, -0.2) is 52.4 Å². The topological polar surface area (TPSA) is 45.6 Å². The smallest absolute Gasteiger partial charge is 0.227 e. The number of aryl methyl sites for hydroxylation is 3. The van der Waals surface area contributed by atoms with Gasteiger partial charge in [-0.3, -0.25) is 9.59 Å². The Morgan fingerprint density at radius 2 is 1.59 bits per heavy atom. The normalized spacial score (nSPS) is 14.9. The van der Waals surface area contributed by atoms with Crippen molar-refractivity contribution in [2.45, 2.75) is 33.1 Å². The molecule has 1 aromatic heterocycles. The van der Waals surface area contributed by atoms with Crippen LogP contribution in [0.15, 0.2) is 36.7 Å². The van der Waals surface area contributed by atoms with E-state index in [1.807, 2.05) is 39.9 Å². The highest BCUT2D eigenvalue weighted by Gasteiger charge is 2.22. The summed E-state index contributed by atoms with van der Waals surface area (Å²) < 4.78 is 1.96. The standard InChI is InChI=1S/C22H29N3O2/c1-17-5-6-18(2)20(13-17)15-22(27)25-9-4-8-24(11-12-25)21(26)14-19-7-10-23(3)16-19/h5-7,10,13,16H,4,8-9,11-12,14-15H2,1-3H3. The first kappa shape index (κ1) is 19.2. The summed E-state index contributed by atoms with van der Waals surface area (Å²) in [5, 5.41) is 0. The first-order chi connectivity index (χ1) is 12.9. The fourth-order valence-electron chi connectivity index (χ4n) is 3.63. The third-order valence-corrected chi connectivity index (χ3v) is 5.30. The molecule has 144 valence electrons. The molecule has 0 aliphatic carbocycles. The van der Waals surface area contributed by atoms with Crippen LogP contribution in [0.25, 0.3) is 0 Å². The van der Waals surface area contributed by atoms with Crippen LogP contribution in [-0.2, 0) is 29.5 Å². The number of benzene rings is 1. The van der Waals surface area contributed by atoms with Gasteiger partial charge in [0.1, 0.15) is 0 Å². The molecule has 0 atom stereocenters. The molecule has 3 rings (SSSR count). The molecule has 2 aromatic rings. The SMILES string of the molecule is Cc1ccc(C)c(CC(=O)N2CCCN(C(=O)Cc3ccn(C)c3)CC2)c1. The van der Waals surface area contributed by atoms with Crippen molar-refractivity contribution in [2.24, 2.45) is 7.05 Å². The van der Waals surface area contributed by atoms with Crippen molar-refractivity contribution >= 4 is 11.8 Å². The van der Waals surface area contributed by atoms with Crippen molar-refractivity contribution in [1.82, 2.24) is 14.4 Å². The zero-order valence-electron chi connectivity index (χ0n) is 16.6. The lowest BCUT2D eigenvalue weighted by atomic mass is 10.0. The highest BCUT2D eigenvalue weighted by atomic mass is 16.2. The number of hydrogen-bond acceptors (Lipinski definition) is 2. The molecule has 1 fully saturated rings. The summed E-state index contributed by atoms with van der Waals surface area (Å²) in [6.07, 6.45) is 5.64. The quantitative estimate of drug-likeness (QED) is 0.833. The van der Waals surface area contributed by atoms with E-state index in [1.54, 1.807) is 0 Å². The molecule has 2 amide bonds. The molecule has 1 aliphatic rings. The molecule has 1 aromatic carbocycles. The summed E-state index contributed by atoms with van der Waals surface area (Å²) in [6.45, 7) is 6.77. The van der Waals surface area contributed by atoms with E-state index in [1.165, 1.54) is 5.56 Å². The molecule has 1 saturated heterocycles. The molecule has 5 nitrogen and oxygen atoms in total. The maximum Gasteiger partial charge on any atom is 0.227 e. The summed E-state index contributed by atoms with van der Waals surface area (Å²) in [4.78, 5) is 29.2. The Kier molecular flexibility index (Phi) is 5.99. The molecule has 2 heterocycles. The Labute approximate surface area is 161 Å². The summed E-state index contributed by atoms with van der Waals surface area (Å²) in [5.74, 6) is 0.297. The minimum Gasteiger partial charge on any atom is -0.357 e. The van der Waals surface area contributed by atoms with Crippen LogP contribution in [0.3, 0.4) is 0 Å². The molecule has 0 N–H and O–H groups in total. The Balaban J connectivity index is 1.56. The minimum atomic E-state index is 0.144. The Morgan fingerprint density at radius 1 is 0.926 bits per heavy atom. The number of hydrogen-bond donors (Lipinski definition) is 0. The predicted octanol–water partition coefficient (Wildman–Crippen LogP) is 2.49. The summed E-state index contributed by atoms with van der Waals surface area (Å²) in [5.41, 5.74) is 4.47. The van der Waals surface area contributed by atoms with Crippen LogP contribution in [0.1, 0.15) is 28.7 Å². The van der Waals surface area contributed by atoms with Crippen LogP contribution >= 0.6 is 0 Å². The van der Waals surface area contributed by atoms with E-state index < -0.39 is 0 Å². The number of carbonyl (C=O) groups is 2.